The van der Waals surface area contributed by atoms with E-state index in [1.165, 1.54) is 0 Å². The largest absolute Gasteiger partial charge is 0.482 e. The van der Waals surface area contributed by atoms with Gasteiger partial charge in [0.25, 0.3) is 5.91 Å². The number of fused-ring (bicyclic) bond motifs is 1. The van der Waals surface area contributed by atoms with Crippen LogP contribution in [-0.2, 0) is 4.79 Å². The minimum atomic E-state index is -0.297. The molecular formula is C12H12N4O3. The average Bonchev–Trinajstić information content (AvgIpc) is 2.44. The van der Waals surface area contributed by atoms with Crippen molar-refractivity contribution >= 4 is 17.4 Å². The molecule has 0 spiro atoms. The van der Waals surface area contributed by atoms with Crippen LogP contribution in [0.2, 0.25) is 0 Å². The normalized spacial score (nSPS) is 13.3. The van der Waals surface area contributed by atoms with E-state index in [4.69, 9.17) is 10.3 Å². The molecule has 0 saturated heterocycles. The highest BCUT2D eigenvalue weighted by Gasteiger charge is 2.25. The average molecular weight is 260 g/mol. The van der Waals surface area contributed by atoms with Crippen LogP contribution in [0, 0.1) is 0 Å². The number of hydrogen-bond donors (Lipinski definition) is 0. The van der Waals surface area contributed by atoms with E-state index in [1.807, 2.05) is 6.92 Å². The molecule has 0 aromatic heterocycles. The van der Waals surface area contributed by atoms with Gasteiger partial charge in [-0.15, -0.1) is 0 Å². The summed E-state index contributed by atoms with van der Waals surface area (Å²) >= 11 is 0. The van der Waals surface area contributed by atoms with Gasteiger partial charge >= 0.3 is 0 Å². The lowest BCUT2D eigenvalue weighted by molar-refractivity contribution is -0.121. The highest BCUT2D eigenvalue weighted by Crippen LogP contribution is 2.32. The Morgan fingerprint density at radius 2 is 2.37 bits per heavy atom. The highest BCUT2D eigenvalue weighted by atomic mass is 16.5. The maximum Gasteiger partial charge on any atom is 0.265 e. The minimum Gasteiger partial charge on any atom is -0.482 e. The fourth-order valence-electron chi connectivity index (χ4n) is 1.91. The number of amides is 1. The minimum absolute atomic E-state index is 0.00680. The molecule has 0 fully saturated rings. The summed E-state index contributed by atoms with van der Waals surface area (Å²) in [6, 6.07) is 4.83. The van der Waals surface area contributed by atoms with Crippen LogP contribution in [0.4, 0.5) is 5.69 Å². The number of azide groups is 1. The Morgan fingerprint density at radius 3 is 3.05 bits per heavy atom. The zero-order chi connectivity index (χ0) is 13.8. The molecule has 0 aliphatic carbocycles. The van der Waals surface area contributed by atoms with Gasteiger partial charge in [0.05, 0.1) is 12.2 Å². The molecule has 1 heterocycles. The van der Waals surface area contributed by atoms with Gasteiger partial charge < -0.3 is 9.64 Å². The molecule has 0 atom stereocenters. The van der Waals surface area contributed by atoms with Crippen molar-refractivity contribution in [2.75, 3.05) is 24.6 Å². The number of anilines is 1. The predicted molar refractivity (Wildman–Crippen MR) is 68.3 cm³/mol. The Morgan fingerprint density at radius 1 is 1.58 bits per heavy atom. The summed E-state index contributed by atoms with van der Waals surface area (Å²) in [4.78, 5) is 27.6. The number of carbonyl (C=O) groups excluding carboxylic acids is 2. The first kappa shape index (κ1) is 12.9. The number of hydrogen-bond acceptors (Lipinski definition) is 4. The Bertz CT molecular complexity index is 578. The summed E-state index contributed by atoms with van der Waals surface area (Å²) in [5, 5.41) is 3.23. The van der Waals surface area contributed by atoms with Crippen LogP contribution < -0.4 is 9.64 Å². The molecule has 1 aliphatic rings. The first-order valence-corrected chi connectivity index (χ1v) is 5.78. The van der Waals surface area contributed by atoms with Gasteiger partial charge in [-0.1, -0.05) is 5.11 Å². The Kier molecular flexibility index (Phi) is 3.68. The molecular weight excluding hydrogens is 248 g/mol. The van der Waals surface area contributed by atoms with Crippen LogP contribution in [0.1, 0.15) is 17.3 Å². The standard InChI is InChI=1S/C12H12N4O3/c1-2-16-9-5-8(10(17)6-14-15-13)3-4-11(9)19-7-12(16)18/h3-5H,2,6-7H2,1H3. The topological polar surface area (TPSA) is 95.4 Å². The molecule has 7 nitrogen and oxygen atoms in total. The second-order valence-corrected chi connectivity index (χ2v) is 3.92. The number of likely N-dealkylation sites (N-methyl/N-ethyl adjacent to an activating group) is 1. The zero-order valence-corrected chi connectivity index (χ0v) is 10.4. The van der Waals surface area contributed by atoms with Crippen LogP contribution >= 0.6 is 0 Å². The molecule has 19 heavy (non-hydrogen) atoms. The molecule has 0 radical (unpaired) electrons. The van der Waals surface area contributed by atoms with Gasteiger partial charge in [0.15, 0.2) is 12.4 Å². The van der Waals surface area contributed by atoms with Crippen LogP contribution in [0.3, 0.4) is 0 Å². The van der Waals surface area contributed by atoms with Crippen molar-refractivity contribution < 1.29 is 14.3 Å². The van der Waals surface area contributed by atoms with Crippen molar-refractivity contribution in [3.05, 3.63) is 34.2 Å². The van der Waals surface area contributed by atoms with Gasteiger partial charge in [-0.05, 0) is 30.7 Å². The molecule has 0 bridgehead atoms. The number of ether oxygens (including phenoxy) is 1. The summed E-state index contributed by atoms with van der Waals surface area (Å²) in [6.07, 6.45) is 0. The lowest BCUT2D eigenvalue weighted by Gasteiger charge is -2.28. The number of carbonyl (C=O) groups is 2. The summed E-state index contributed by atoms with van der Waals surface area (Å²) < 4.78 is 5.30. The number of nitrogens with zero attached hydrogens (tertiary/aromatic N) is 4. The SMILES string of the molecule is CCN1C(=O)COc2ccc(C(=O)CN=[N+]=[N-])cc21. The molecule has 0 unspecified atom stereocenters. The zero-order valence-electron chi connectivity index (χ0n) is 10.4. The first-order chi connectivity index (χ1) is 9.17. The maximum absolute atomic E-state index is 11.8. The van der Waals surface area contributed by atoms with Crippen LogP contribution in [0.15, 0.2) is 23.3 Å². The lowest BCUT2D eigenvalue weighted by atomic mass is 10.1. The van der Waals surface area contributed by atoms with E-state index in [1.54, 1.807) is 23.1 Å². The van der Waals surface area contributed by atoms with Crippen molar-refractivity contribution in [1.82, 2.24) is 0 Å². The third-order valence-electron chi connectivity index (χ3n) is 2.82. The smallest absolute Gasteiger partial charge is 0.265 e. The lowest BCUT2D eigenvalue weighted by Crippen LogP contribution is -2.38. The molecule has 1 aromatic carbocycles. The Balaban J connectivity index is 2.36. The van der Waals surface area contributed by atoms with E-state index in [-0.39, 0.29) is 24.8 Å². The highest BCUT2D eigenvalue weighted by molar-refractivity contribution is 6.02. The van der Waals surface area contributed by atoms with Crippen LogP contribution in [-0.4, -0.2) is 31.4 Å². The second-order valence-electron chi connectivity index (χ2n) is 3.92. The van der Waals surface area contributed by atoms with Crippen molar-refractivity contribution in [1.29, 1.82) is 0 Å². The number of Topliss-reactive ketones (excluding diaryl/α,β-unsaturated/α-hetero) is 1. The van der Waals surface area contributed by atoms with E-state index < -0.39 is 0 Å². The van der Waals surface area contributed by atoms with E-state index in [0.29, 0.717) is 23.5 Å². The van der Waals surface area contributed by atoms with E-state index in [0.717, 1.165) is 0 Å². The monoisotopic (exact) mass is 260 g/mol. The molecule has 2 rings (SSSR count). The predicted octanol–water partition coefficient (Wildman–Crippen LogP) is 1.92. The van der Waals surface area contributed by atoms with Crippen molar-refractivity contribution in [2.24, 2.45) is 5.11 Å². The first-order valence-electron chi connectivity index (χ1n) is 5.78. The fourth-order valence-corrected chi connectivity index (χ4v) is 1.91. The Labute approximate surface area is 109 Å². The summed E-state index contributed by atoms with van der Waals surface area (Å²) in [6.45, 7) is 2.12. The summed E-state index contributed by atoms with van der Waals surface area (Å²) in [7, 11) is 0. The van der Waals surface area contributed by atoms with E-state index in [2.05, 4.69) is 10.0 Å². The van der Waals surface area contributed by atoms with Gasteiger partial charge in [0, 0.05) is 17.0 Å². The molecule has 1 amide bonds. The second kappa shape index (κ2) is 5.41. The van der Waals surface area contributed by atoms with Crippen LogP contribution in [0.5, 0.6) is 5.75 Å². The molecule has 1 aromatic rings. The van der Waals surface area contributed by atoms with Crippen molar-refractivity contribution in [3.63, 3.8) is 0 Å². The van der Waals surface area contributed by atoms with Crippen molar-refractivity contribution in [3.8, 4) is 5.75 Å². The molecule has 0 saturated carbocycles. The number of rotatable bonds is 4. The van der Waals surface area contributed by atoms with Gasteiger partial charge in [0.1, 0.15) is 5.75 Å². The molecule has 0 N–H and O–H groups in total. The maximum atomic E-state index is 11.8. The van der Waals surface area contributed by atoms with E-state index >= 15 is 0 Å². The third kappa shape index (κ3) is 2.51. The van der Waals surface area contributed by atoms with Gasteiger partial charge in [0.2, 0.25) is 0 Å². The quantitative estimate of drug-likeness (QED) is 0.358. The van der Waals surface area contributed by atoms with Crippen molar-refractivity contribution in [2.45, 2.75) is 6.92 Å². The summed E-state index contributed by atoms with van der Waals surface area (Å²) in [5.41, 5.74) is 9.17. The van der Waals surface area contributed by atoms with Gasteiger partial charge in [-0.2, -0.15) is 0 Å². The molecule has 98 valence electrons. The van der Waals surface area contributed by atoms with Gasteiger partial charge in [-0.3, -0.25) is 9.59 Å². The molecule has 1 aliphatic heterocycles. The summed E-state index contributed by atoms with van der Waals surface area (Å²) in [5.74, 6) is 0.131. The third-order valence-corrected chi connectivity index (χ3v) is 2.82. The molecule has 7 heteroatoms. The number of benzene rings is 1. The fraction of sp³-hybridized carbons (Fsp3) is 0.333. The Hall–Kier alpha value is -2.53. The van der Waals surface area contributed by atoms with E-state index in [9.17, 15) is 9.59 Å². The van der Waals surface area contributed by atoms with Crippen LogP contribution in [0.25, 0.3) is 10.4 Å². The van der Waals surface area contributed by atoms with Gasteiger partial charge in [-0.25, -0.2) is 0 Å². The number of ketones is 1.